The molecule has 0 bridgehead atoms. The summed E-state index contributed by atoms with van der Waals surface area (Å²) in [6, 6.07) is 17.5. The number of benzene rings is 3. The summed E-state index contributed by atoms with van der Waals surface area (Å²) in [5, 5.41) is 15.5. The van der Waals surface area contributed by atoms with Crippen LogP contribution < -0.4 is 15.4 Å². The molecule has 0 aliphatic rings. The Kier molecular flexibility index (Phi) is 9.10. The van der Waals surface area contributed by atoms with E-state index in [9.17, 15) is 14.9 Å². The number of anilines is 2. The summed E-state index contributed by atoms with van der Waals surface area (Å²) in [4.78, 5) is 24.8. The molecule has 0 spiro atoms. The molecule has 3 aromatic carbocycles. The second-order valence-corrected chi connectivity index (χ2v) is 9.73. The van der Waals surface area contributed by atoms with Gasteiger partial charge in [-0.25, -0.2) is 0 Å². The zero-order valence-electron chi connectivity index (χ0n) is 18.8. The smallest absolute Gasteiger partial charge is 0.266 e. The van der Waals surface area contributed by atoms with Crippen molar-refractivity contribution in [3.8, 4) is 11.8 Å². The molecule has 0 aromatic heterocycles. The van der Waals surface area contributed by atoms with Gasteiger partial charge in [0, 0.05) is 16.4 Å². The second kappa shape index (κ2) is 12.0. The molecule has 178 valence electrons. The van der Waals surface area contributed by atoms with Gasteiger partial charge in [0.15, 0.2) is 6.61 Å². The van der Waals surface area contributed by atoms with Gasteiger partial charge in [-0.2, -0.15) is 5.26 Å². The fourth-order valence-electron chi connectivity index (χ4n) is 3.00. The molecule has 0 aliphatic carbocycles. The predicted octanol–water partition coefficient (Wildman–Crippen LogP) is 7.05. The van der Waals surface area contributed by atoms with Crippen LogP contribution in [0.5, 0.6) is 5.75 Å². The van der Waals surface area contributed by atoms with Gasteiger partial charge in [-0.1, -0.05) is 17.7 Å². The van der Waals surface area contributed by atoms with Crippen molar-refractivity contribution in [2.75, 3.05) is 17.2 Å². The number of nitriles is 1. The fraction of sp³-hybridized carbons (Fsp3) is 0.115. The maximum absolute atomic E-state index is 12.5. The first-order valence-corrected chi connectivity index (χ1v) is 12.3. The zero-order valence-corrected chi connectivity index (χ0v) is 22.7. The number of rotatable bonds is 7. The van der Waals surface area contributed by atoms with Crippen LogP contribution in [0, 0.1) is 25.2 Å². The lowest BCUT2D eigenvalue weighted by atomic mass is 10.1. The van der Waals surface area contributed by atoms with Crippen LogP contribution in [-0.2, 0) is 9.59 Å². The van der Waals surface area contributed by atoms with Gasteiger partial charge in [0.2, 0.25) is 0 Å². The van der Waals surface area contributed by atoms with Crippen molar-refractivity contribution in [1.82, 2.24) is 0 Å². The summed E-state index contributed by atoms with van der Waals surface area (Å²) < 4.78 is 6.79. The summed E-state index contributed by atoms with van der Waals surface area (Å²) >= 11 is 12.7. The molecular formula is C26H20Br2ClN3O3. The van der Waals surface area contributed by atoms with E-state index < -0.39 is 5.91 Å². The van der Waals surface area contributed by atoms with Crippen molar-refractivity contribution in [1.29, 1.82) is 5.26 Å². The summed E-state index contributed by atoms with van der Waals surface area (Å²) in [7, 11) is 0. The molecule has 0 aliphatic heterocycles. The number of hydrogen-bond acceptors (Lipinski definition) is 4. The van der Waals surface area contributed by atoms with Gasteiger partial charge in [0.1, 0.15) is 17.4 Å². The van der Waals surface area contributed by atoms with Gasteiger partial charge in [0.25, 0.3) is 11.8 Å². The minimum absolute atomic E-state index is 0.0832. The highest BCUT2D eigenvalue weighted by atomic mass is 79.9. The first-order chi connectivity index (χ1) is 16.7. The van der Waals surface area contributed by atoms with Gasteiger partial charge in [0.05, 0.1) is 8.95 Å². The van der Waals surface area contributed by atoms with Gasteiger partial charge >= 0.3 is 0 Å². The molecule has 0 saturated heterocycles. The number of amides is 2. The molecule has 2 N–H and O–H groups in total. The third kappa shape index (κ3) is 7.43. The number of carbonyl (C=O) groups is 2. The molecule has 6 nitrogen and oxygen atoms in total. The van der Waals surface area contributed by atoms with Crippen molar-refractivity contribution in [2.24, 2.45) is 0 Å². The Morgan fingerprint density at radius 3 is 2.20 bits per heavy atom. The largest absolute Gasteiger partial charge is 0.481 e. The number of nitrogens with zero attached hydrogens (tertiary/aromatic N) is 1. The number of halogens is 3. The average molecular weight is 618 g/mol. The Labute approximate surface area is 225 Å². The standard InChI is InChI=1S/C26H20Br2ClN3O3/c1-15-3-6-21(9-16(15)2)31-24(33)14-35-25-22(27)11-17(12-23(25)28)10-18(13-30)26(34)32-20-7-4-19(29)5-8-20/h3-12H,14H2,1-2H3,(H,31,33)(H,32,34)/b18-10-. The SMILES string of the molecule is Cc1ccc(NC(=O)COc2c(Br)cc(/C=C(/C#N)C(=O)Nc3ccc(Cl)cc3)cc2Br)cc1C. The maximum atomic E-state index is 12.5. The van der Waals surface area contributed by atoms with Gasteiger partial charge in [-0.15, -0.1) is 0 Å². The van der Waals surface area contributed by atoms with Crippen molar-refractivity contribution in [3.05, 3.63) is 90.8 Å². The fourth-order valence-corrected chi connectivity index (χ4v) is 4.58. The van der Waals surface area contributed by atoms with E-state index in [0.717, 1.165) is 11.1 Å². The van der Waals surface area contributed by atoms with Crippen LogP contribution in [0.4, 0.5) is 11.4 Å². The van der Waals surface area contributed by atoms with E-state index in [1.165, 1.54) is 6.08 Å². The van der Waals surface area contributed by atoms with Gasteiger partial charge < -0.3 is 15.4 Å². The minimum Gasteiger partial charge on any atom is -0.481 e. The molecule has 0 radical (unpaired) electrons. The predicted molar refractivity (Wildman–Crippen MR) is 146 cm³/mol. The van der Waals surface area contributed by atoms with E-state index in [-0.39, 0.29) is 18.1 Å². The molecule has 0 unspecified atom stereocenters. The Balaban J connectivity index is 1.68. The normalized spacial score (nSPS) is 10.9. The first kappa shape index (κ1) is 26.5. The third-order valence-corrected chi connectivity index (χ3v) is 6.37. The van der Waals surface area contributed by atoms with E-state index in [4.69, 9.17) is 16.3 Å². The Hall–Kier alpha value is -3.12. The van der Waals surface area contributed by atoms with Crippen LogP contribution in [0.25, 0.3) is 6.08 Å². The Bertz CT molecular complexity index is 1330. The van der Waals surface area contributed by atoms with E-state index in [2.05, 4.69) is 42.5 Å². The highest BCUT2D eigenvalue weighted by Gasteiger charge is 2.14. The van der Waals surface area contributed by atoms with Gasteiger partial charge in [-0.3, -0.25) is 9.59 Å². The number of aryl methyl sites for hydroxylation is 2. The van der Waals surface area contributed by atoms with Crippen molar-refractivity contribution >= 4 is 72.7 Å². The van der Waals surface area contributed by atoms with E-state index in [1.54, 1.807) is 36.4 Å². The quantitative estimate of drug-likeness (QED) is 0.220. The van der Waals surface area contributed by atoms with Crippen molar-refractivity contribution < 1.29 is 14.3 Å². The molecule has 0 saturated carbocycles. The third-order valence-electron chi connectivity index (χ3n) is 4.94. The molecule has 2 amide bonds. The summed E-state index contributed by atoms with van der Waals surface area (Å²) in [5.74, 6) is -0.436. The van der Waals surface area contributed by atoms with E-state index >= 15 is 0 Å². The highest BCUT2D eigenvalue weighted by molar-refractivity contribution is 9.11. The topological polar surface area (TPSA) is 91.2 Å². The molecule has 3 aromatic rings. The summed E-state index contributed by atoms with van der Waals surface area (Å²) in [5.41, 5.74) is 3.94. The maximum Gasteiger partial charge on any atom is 0.266 e. The lowest BCUT2D eigenvalue weighted by Crippen LogP contribution is -2.20. The molecule has 0 heterocycles. The average Bonchev–Trinajstić information content (AvgIpc) is 2.80. The van der Waals surface area contributed by atoms with E-state index in [0.29, 0.717) is 36.7 Å². The number of carbonyl (C=O) groups excluding carboxylic acids is 2. The van der Waals surface area contributed by atoms with Crippen LogP contribution in [0.3, 0.4) is 0 Å². The monoisotopic (exact) mass is 615 g/mol. The molecule has 0 fully saturated rings. The second-order valence-electron chi connectivity index (χ2n) is 7.58. The van der Waals surface area contributed by atoms with Crippen LogP contribution >= 0.6 is 43.5 Å². The first-order valence-electron chi connectivity index (χ1n) is 10.3. The molecule has 35 heavy (non-hydrogen) atoms. The zero-order chi connectivity index (χ0) is 25.5. The Morgan fingerprint density at radius 1 is 0.971 bits per heavy atom. The van der Waals surface area contributed by atoms with Crippen molar-refractivity contribution in [3.63, 3.8) is 0 Å². The van der Waals surface area contributed by atoms with E-state index in [1.807, 2.05) is 38.1 Å². The Morgan fingerprint density at radius 2 is 1.60 bits per heavy atom. The molecule has 0 atom stereocenters. The van der Waals surface area contributed by atoms with Crippen LogP contribution in [0.1, 0.15) is 16.7 Å². The number of hydrogen-bond donors (Lipinski definition) is 2. The molecule has 3 rings (SSSR count). The molecular weight excluding hydrogens is 598 g/mol. The lowest BCUT2D eigenvalue weighted by Gasteiger charge is -2.12. The summed E-state index contributed by atoms with van der Waals surface area (Å²) in [6.45, 7) is 3.78. The van der Waals surface area contributed by atoms with Crippen molar-refractivity contribution in [2.45, 2.75) is 13.8 Å². The lowest BCUT2D eigenvalue weighted by molar-refractivity contribution is -0.118. The number of ether oxygens (including phenoxy) is 1. The summed E-state index contributed by atoms with van der Waals surface area (Å²) in [6.07, 6.45) is 1.46. The number of nitrogens with one attached hydrogen (secondary N) is 2. The van der Waals surface area contributed by atoms with Gasteiger partial charge in [-0.05, 0) is 117 Å². The van der Waals surface area contributed by atoms with Crippen LogP contribution in [0.2, 0.25) is 5.02 Å². The molecule has 9 heteroatoms. The van der Waals surface area contributed by atoms with Crippen LogP contribution in [-0.4, -0.2) is 18.4 Å². The van der Waals surface area contributed by atoms with Crippen LogP contribution in [0.15, 0.2) is 69.1 Å². The minimum atomic E-state index is -0.551. The highest BCUT2D eigenvalue weighted by Crippen LogP contribution is 2.35.